The van der Waals surface area contributed by atoms with E-state index < -0.39 is 0 Å². The van der Waals surface area contributed by atoms with Gasteiger partial charge in [0, 0.05) is 38.3 Å². The van der Waals surface area contributed by atoms with Crippen molar-refractivity contribution in [3.8, 4) is 0 Å². The smallest absolute Gasteiger partial charge is 0.0333 e. The summed E-state index contributed by atoms with van der Waals surface area (Å²) in [6, 6.07) is 0. The van der Waals surface area contributed by atoms with Crippen LogP contribution in [0.1, 0.15) is 59.3 Å². The van der Waals surface area contributed by atoms with Crippen molar-refractivity contribution >= 4 is 0 Å². The van der Waals surface area contributed by atoms with Gasteiger partial charge in [0.15, 0.2) is 0 Å². The summed E-state index contributed by atoms with van der Waals surface area (Å²) in [6.07, 6.45) is 7.92. The first-order valence-corrected chi connectivity index (χ1v) is 8.69. The van der Waals surface area contributed by atoms with E-state index in [1.165, 1.54) is 71.2 Å². The van der Waals surface area contributed by atoms with Crippen molar-refractivity contribution in [1.29, 1.82) is 0 Å². The fourth-order valence-corrected chi connectivity index (χ4v) is 4.13. The van der Waals surface area contributed by atoms with Crippen LogP contribution in [0.5, 0.6) is 0 Å². The number of nitrogens with zero attached hydrogens (tertiary/aromatic N) is 2. The predicted molar refractivity (Wildman–Crippen MR) is 87.0 cm³/mol. The standard InChI is InChI=1S/C17H35N3/c1-4-10-19-11-13-20(14-12-19)17(15-18)7-5-6-16(2,3)8-9-17/h4-15,18H2,1-3H3. The molecule has 1 saturated heterocycles. The molecule has 2 fully saturated rings. The minimum atomic E-state index is 0.298. The molecule has 0 bridgehead atoms. The van der Waals surface area contributed by atoms with E-state index in [2.05, 4.69) is 30.6 Å². The largest absolute Gasteiger partial charge is 0.329 e. The third-order valence-corrected chi connectivity index (χ3v) is 5.73. The Hall–Kier alpha value is -0.120. The quantitative estimate of drug-likeness (QED) is 0.804. The Morgan fingerprint density at radius 3 is 2.25 bits per heavy atom. The lowest BCUT2D eigenvalue weighted by Gasteiger charge is -2.47. The van der Waals surface area contributed by atoms with Crippen molar-refractivity contribution in [2.75, 3.05) is 39.3 Å². The Bertz CT molecular complexity index is 295. The van der Waals surface area contributed by atoms with Crippen molar-refractivity contribution in [3.05, 3.63) is 0 Å². The van der Waals surface area contributed by atoms with E-state index in [9.17, 15) is 0 Å². The van der Waals surface area contributed by atoms with E-state index in [0.29, 0.717) is 11.0 Å². The van der Waals surface area contributed by atoms with Gasteiger partial charge < -0.3 is 10.6 Å². The first-order chi connectivity index (χ1) is 9.51. The SMILES string of the molecule is CCCN1CCN(C2(CN)CCCC(C)(C)CC2)CC1. The maximum absolute atomic E-state index is 6.27. The lowest BCUT2D eigenvalue weighted by atomic mass is 9.82. The summed E-state index contributed by atoms with van der Waals surface area (Å²) in [5.74, 6) is 0. The van der Waals surface area contributed by atoms with Gasteiger partial charge in [-0.2, -0.15) is 0 Å². The second-order valence-corrected chi connectivity index (χ2v) is 7.77. The molecular weight excluding hydrogens is 246 g/mol. The Labute approximate surface area is 125 Å². The van der Waals surface area contributed by atoms with E-state index in [0.717, 1.165) is 6.54 Å². The molecule has 0 radical (unpaired) electrons. The highest BCUT2D eigenvalue weighted by atomic mass is 15.3. The van der Waals surface area contributed by atoms with E-state index in [-0.39, 0.29) is 0 Å². The van der Waals surface area contributed by atoms with Gasteiger partial charge in [0.1, 0.15) is 0 Å². The van der Waals surface area contributed by atoms with Crippen LogP contribution in [-0.2, 0) is 0 Å². The van der Waals surface area contributed by atoms with Gasteiger partial charge in [0.25, 0.3) is 0 Å². The van der Waals surface area contributed by atoms with Crippen LogP contribution >= 0.6 is 0 Å². The molecule has 118 valence electrons. The minimum absolute atomic E-state index is 0.298. The van der Waals surface area contributed by atoms with Crippen LogP contribution in [-0.4, -0.2) is 54.6 Å². The van der Waals surface area contributed by atoms with Gasteiger partial charge in [-0.3, -0.25) is 4.90 Å². The summed E-state index contributed by atoms with van der Waals surface area (Å²) in [5, 5.41) is 0. The van der Waals surface area contributed by atoms with Crippen molar-refractivity contribution in [3.63, 3.8) is 0 Å². The second kappa shape index (κ2) is 6.76. The summed E-state index contributed by atoms with van der Waals surface area (Å²) >= 11 is 0. The van der Waals surface area contributed by atoms with Crippen LogP contribution < -0.4 is 5.73 Å². The van der Waals surface area contributed by atoms with Crippen LogP contribution in [0.4, 0.5) is 0 Å². The second-order valence-electron chi connectivity index (χ2n) is 7.77. The molecule has 2 N–H and O–H groups in total. The third kappa shape index (κ3) is 3.75. The normalized spacial score (nSPS) is 33.0. The molecule has 1 unspecified atom stereocenters. The van der Waals surface area contributed by atoms with Crippen molar-refractivity contribution < 1.29 is 0 Å². The monoisotopic (exact) mass is 281 g/mol. The zero-order valence-electron chi connectivity index (χ0n) is 14.0. The average molecular weight is 281 g/mol. The molecule has 0 aromatic carbocycles. The maximum atomic E-state index is 6.27. The maximum Gasteiger partial charge on any atom is 0.0333 e. The molecule has 20 heavy (non-hydrogen) atoms. The fraction of sp³-hybridized carbons (Fsp3) is 1.00. The highest BCUT2D eigenvalue weighted by molar-refractivity contribution is 4.97. The minimum Gasteiger partial charge on any atom is -0.329 e. The third-order valence-electron chi connectivity index (χ3n) is 5.73. The van der Waals surface area contributed by atoms with Crippen LogP contribution in [0.25, 0.3) is 0 Å². The lowest BCUT2D eigenvalue weighted by Crippen LogP contribution is -2.60. The van der Waals surface area contributed by atoms with Crippen LogP contribution in [0.15, 0.2) is 0 Å². The average Bonchev–Trinajstić information content (AvgIpc) is 2.59. The van der Waals surface area contributed by atoms with E-state index in [4.69, 9.17) is 5.73 Å². The Kier molecular flexibility index (Phi) is 5.49. The topological polar surface area (TPSA) is 32.5 Å². The molecule has 1 atom stereocenters. The van der Waals surface area contributed by atoms with Gasteiger partial charge in [0.2, 0.25) is 0 Å². The molecule has 3 heteroatoms. The molecule has 3 nitrogen and oxygen atoms in total. The van der Waals surface area contributed by atoms with Crippen molar-refractivity contribution in [2.45, 2.75) is 64.8 Å². The number of hydrogen-bond donors (Lipinski definition) is 1. The summed E-state index contributed by atoms with van der Waals surface area (Å²) < 4.78 is 0. The van der Waals surface area contributed by atoms with Crippen LogP contribution in [0.3, 0.4) is 0 Å². The molecule has 1 aliphatic carbocycles. The van der Waals surface area contributed by atoms with Gasteiger partial charge in [-0.05, 0) is 44.1 Å². The molecule has 0 aromatic rings. The summed E-state index contributed by atoms with van der Waals surface area (Å²) in [4.78, 5) is 5.35. The van der Waals surface area contributed by atoms with E-state index in [1.54, 1.807) is 0 Å². The molecule has 1 heterocycles. The van der Waals surface area contributed by atoms with Gasteiger partial charge >= 0.3 is 0 Å². The van der Waals surface area contributed by atoms with Gasteiger partial charge in [-0.1, -0.05) is 27.2 Å². The Morgan fingerprint density at radius 1 is 0.950 bits per heavy atom. The zero-order chi connectivity index (χ0) is 14.6. The summed E-state index contributed by atoms with van der Waals surface area (Å²) in [7, 11) is 0. The molecule has 0 aromatic heterocycles. The predicted octanol–water partition coefficient (Wildman–Crippen LogP) is 2.70. The first-order valence-electron chi connectivity index (χ1n) is 8.69. The van der Waals surface area contributed by atoms with E-state index in [1.807, 2.05) is 0 Å². The fourth-order valence-electron chi connectivity index (χ4n) is 4.13. The highest BCUT2D eigenvalue weighted by Crippen LogP contribution is 2.40. The number of nitrogens with two attached hydrogens (primary N) is 1. The zero-order valence-corrected chi connectivity index (χ0v) is 14.0. The van der Waals surface area contributed by atoms with Gasteiger partial charge in [-0.25, -0.2) is 0 Å². The molecule has 2 rings (SSSR count). The number of piperazine rings is 1. The molecule has 1 saturated carbocycles. The summed E-state index contributed by atoms with van der Waals surface area (Å²) in [5.41, 5.74) is 7.08. The van der Waals surface area contributed by atoms with Gasteiger partial charge in [0.05, 0.1) is 0 Å². The van der Waals surface area contributed by atoms with Gasteiger partial charge in [-0.15, -0.1) is 0 Å². The molecule has 0 amide bonds. The van der Waals surface area contributed by atoms with Crippen LogP contribution in [0.2, 0.25) is 0 Å². The number of hydrogen-bond acceptors (Lipinski definition) is 3. The summed E-state index contributed by atoms with van der Waals surface area (Å²) in [6.45, 7) is 14.2. The Morgan fingerprint density at radius 2 is 1.65 bits per heavy atom. The van der Waals surface area contributed by atoms with E-state index >= 15 is 0 Å². The number of rotatable bonds is 4. The molecule has 2 aliphatic rings. The van der Waals surface area contributed by atoms with Crippen molar-refractivity contribution in [2.24, 2.45) is 11.1 Å². The highest BCUT2D eigenvalue weighted by Gasteiger charge is 2.40. The molecule has 0 spiro atoms. The molecule has 1 aliphatic heterocycles. The molecular formula is C17H35N3. The lowest BCUT2D eigenvalue weighted by molar-refractivity contribution is 0.0248. The van der Waals surface area contributed by atoms with Crippen LogP contribution in [0, 0.1) is 5.41 Å². The Balaban J connectivity index is 1.97. The first kappa shape index (κ1) is 16.3. The van der Waals surface area contributed by atoms with Crippen molar-refractivity contribution in [1.82, 2.24) is 9.80 Å².